The molecule has 2 aromatic heterocycles. The fourth-order valence-electron chi connectivity index (χ4n) is 2.32. The van der Waals surface area contributed by atoms with E-state index in [-0.39, 0.29) is 41.2 Å². The molecule has 3 rings (SSSR count). The normalized spacial score (nSPS) is 10.7. The predicted molar refractivity (Wildman–Crippen MR) is 94.9 cm³/mol. The van der Waals surface area contributed by atoms with Crippen molar-refractivity contribution in [1.82, 2.24) is 19.6 Å². The zero-order valence-corrected chi connectivity index (χ0v) is 14.6. The molecule has 0 fully saturated rings. The summed E-state index contributed by atoms with van der Waals surface area (Å²) in [5, 5.41) is 21.5. The molecular weight excluding hydrogens is 379 g/mol. The Kier molecular flexibility index (Phi) is 5.46. The van der Waals surface area contributed by atoms with Crippen molar-refractivity contribution in [2.45, 2.75) is 19.5 Å². The molecule has 0 saturated carbocycles. The van der Waals surface area contributed by atoms with Crippen LogP contribution in [-0.4, -0.2) is 30.4 Å². The van der Waals surface area contributed by atoms with Gasteiger partial charge in [0.15, 0.2) is 5.82 Å². The van der Waals surface area contributed by atoms with Crippen LogP contribution in [0.3, 0.4) is 0 Å². The molecule has 11 heteroatoms. The molecule has 2 heterocycles. The van der Waals surface area contributed by atoms with E-state index in [9.17, 15) is 19.3 Å². The van der Waals surface area contributed by atoms with Crippen LogP contribution < -0.4 is 5.32 Å². The Labute approximate surface area is 157 Å². The standard InChI is InChI=1S/C16H14ClFN6O3/c17-14-10-23(8-11-1-3-12(18)4-2-11)21-16(14)20-15(25)5-6-22-9-13(7-19-22)24(26)27/h1-4,7,9-10H,5-6,8H2,(H,20,21,25). The third-order valence-electron chi connectivity index (χ3n) is 3.63. The summed E-state index contributed by atoms with van der Waals surface area (Å²) in [5.74, 6) is -0.481. The molecule has 0 aliphatic heterocycles. The maximum atomic E-state index is 12.9. The summed E-state index contributed by atoms with van der Waals surface area (Å²) in [4.78, 5) is 22.1. The molecule has 9 nitrogen and oxygen atoms in total. The third kappa shape index (κ3) is 4.88. The summed E-state index contributed by atoms with van der Waals surface area (Å²) in [7, 11) is 0. The van der Waals surface area contributed by atoms with E-state index in [2.05, 4.69) is 15.5 Å². The predicted octanol–water partition coefficient (Wildman–Crippen LogP) is 2.86. The summed E-state index contributed by atoms with van der Waals surface area (Å²) in [6.45, 7) is 0.542. The number of hydrogen-bond acceptors (Lipinski definition) is 5. The van der Waals surface area contributed by atoms with Gasteiger partial charge in [-0.05, 0) is 17.7 Å². The Morgan fingerprint density at radius 2 is 2.00 bits per heavy atom. The molecule has 1 aromatic carbocycles. The van der Waals surface area contributed by atoms with Crippen LogP contribution in [0.2, 0.25) is 5.02 Å². The molecule has 27 heavy (non-hydrogen) atoms. The maximum Gasteiger partial charge on any atom is 0.306 e. The average Bonchev–Trinajstić information content (AvgIpc) is 3.22. The van der Waals surface area contributed by atoms with Crippen LogP contribution in [-0.2, 0) is 17.9 Å². The molecule has 0 bridgehead atoms. The zero-order chi connectivity index (χ0) is 19.4. The minimum atomic E-state index is -0.558. The number of nitrogens with one attached hydrogen (secondary N) is 1. The zero-order valence-electron chi connectivity index (χ0n) is 13.9. The topological polar surface area (TPSA) is 108 Å². The van der Waals surface area contributed by atoms with Gasteiger partial charge in [-0.3, -0.25) is 24.3 Å². The Balaban J connectivity index is 1.56. The number of halogens is 2. The van der Waals surface area contributed by atoms with Crippen molar-refractivity contribution in [3.8, 4) is 0 Å². The number of amides is 1. The quantitative estimate of drug-likeness (QED) is 0.491. The van der Waals surface area contributed by atoms with E-state index < -0.39 is 4.92 Å². The maximum absolute atomic E-state index is 12.9. The van der Waals surface area contributed by atoms with Crippen molar-refractivity contribution in [2.24, 2.45) is 0 Å². The summed E-state index contributed by atoms with van der Waals surface area (Å²) in [6, 6.07) is 5.96. The van der Waals surface area contributed by atoms with E-state index in [1.165, 1.54) is 27.7 Å². The lowest BCUT2D eigenvalue weighted by Gasteiger charge is -2.03. The fourth-order valence-corrected chi connectivity index (χ4v) is 2.52. The number of rotatable bonds is 7. The van der Waals surface area contributed by atoms with Crippen molar-refractivity contribution < 1.29 is 14.1 Å². The van der Waals surface area contributed by atoms with Gasteiger partial charge in [0.05, 0.1) is 11.5 Å². The first-order valence-electron chi connectivity index (χ1n) is 7.85. The van der Waals surface area contributed by atoms with Gasteiger partial charge in [-0.25, -0.2) is 4.39 Å². The first kappa shape index (κ1) is 18.5. The van der Waals surface area contributed by atoms with Crippen LogP contribution >= 0.6 is 11.6 Å². The van der Waals surface area contributed by atoms with Crippen molar-refractivity contribution in [2.75, 3.05) is 5.32 Å². The largest absolute Gasteiger partial charge is 0.308 e. The number of carbonyl (C=O) groups excluding carboxylic acids is 1. The number of anilines is 1. The van der Waals surface area contributed by atoms with Gasteiger partial charge in [-0.1, -0.05) is 23.7 Å². The van der Waals surface area contributed by atoms with E-state index in [4.69, 9.17) is 11.6 Å². The lowest BCUT2D eigenvalue weighted by atomic mass is 10.2. The molecule has 0 atom stereocenters. The van der Waals surface area contributed by atoms with Gasteiger partial charge in [0, 0.05) is 19.2 Å². The lowest BCUT2D eigenvalue weighted by Crippen LogP contribution is -2.15. The van der Waals surface area contributed by atoms with Crippen LogP contribution in [0, 0.1) is 15.9 Å². The second kappa shape index (κ2) is 7.96. The smallest absolute Gasteiger partial charge is 0.306 e. The monoisotopic (exact) mass is 392 g/mol. The summed E-state index contributed by atoms with van der Waals surface area (Å²) < 4.78 is 15.8. The van der Waals surface area contributed by atoms with Crippen LogP contribution in [0.4, 0.5) is 15.9 Å². The van der Waals surface area contributed by atoms with Crippen LogP contribution in [0.1, 0.15) is 12.0 Å². The highest BCUT2D eigenvalue weighted by Crippen LogP contribution is 2.20. The van der Waals surface area contributed by atoms with Gasteiger partial charge in [-0.2, -0.15) is 10.2 Å². The molecule has 0 aliphatic carbocycles. The summed E-state index contributed by atoms with van der Waals surface area (Å²) in [6.07, 6.45) is 3.96. The van der Waals surface area contributed by atoms with Crippen molar-refractivity contribution in [1.29, 1.82) is 0 Å². The van der Waals surface area contributed by atoms with Crippen molar-refractivity contribution in [3.63, 3.8) is 0 Å². The van der Waals surface area contributed by atoms with Crippen LogP contribution in [0.15, 0.2) is 42.9 Å². The molecule has 0 saturated heterocycles. The Morgan fingerprint density at radius 1 is 1.26 bits per heavy atom. The van der Waals surface area contributed by atoms with E-state index in [1.54, 1.807) is 18.3 Å². The molecule has 1 N–H and O–H groups in total. The minimum Gasteiger partial charge on any atom is -0.308 e. The van der Waals surface area contributed by atoms with Gasteiger partial charge in [-0.15, -0.1) is 0 Å². The Hall–Kier alpha value is -3.27. The summed E-state index contributed by atoms with van der Waals surface area (Å²) in [5.41, 5.74) is 0.687. The van der Waals surface area contributed by atoms with Gasteiger partial charge < -0.3 is 5.32 Å². The number of carbonyl (C=O) groups is 1. The van der Waals surface area contributed by atoms with Crippen LogP contribution in [0.5, 0.6) is 0 Å². The molecule has 0 unspecified atom stereocenters. The van der Waals surface area contributed by atoms with E-state index in [0.717, 1.165) is 11.8 Å². The minimum absolute atomic E-state index is 0.0417. The molecule has 0 spiro atoms. The SMILES string of the molecule is O=C(CCn1cc([N+](=O)[O-])cn1)Nc1nn(Cc2ccc(F)cc2)cc1Cl. The molecule has 3 aromatic rings. The average molecular weight is 393 g/mol. The number of nitro groups is 1. The van der Waals surface area contributed by atoms with Gasteiger partial charge in [0.25, 0.3) is 0 Å². The van der Waals surface area contributed by atoms with Gasteiger partial charge in [0.2, 0.25) is 5.91 Å². The summed E-state index contributed by atoms with van der Waals surface area (Å²) >= 11 is 6.09. The molecule has 0 aliphatic rings. The fraction of sp³-hybridized carbons (Fsp3) is 0.188. The number of aromatic nitrogens is 4. The number of aryl methyl sites for hydroxylation is 1. The van der Waals surface area contributed by atoms with E-state index >= 15 is 0 Å². The lowest BCUT2D eigenvalue weighted by molar-refractivity contribution is -0.385. The highest BCUT2D eigenvalue weighted by atomic mass is 35.5. The highest BCUT2D eigenvalue weighted by Gasteiger charge is 2.13. The molecule has 140 valence electrons. The number of benzene rings is 1. The highest BCUT2D eigenvalue weighted by molar-refractivity contribution is 6.33. The Bertz CT molecular complexity index is 969. The number of nitrogens with zero attached hydrogens (tertiary/aromatic N) is 5. The molecule has 0 radical (unpaired) electrons. The van der Waals surface area contributed by atoms with Crippen molar-refractivity contribution in [3.05, 3.63) is 69.4 Å². The Morgan fingerprint density at radius 3 is 2.67 bits per heavy atom. The van der Waals surface area contributed by atoms with E-state index in [1.807, 2.05) is 0 Å². The van der Waals surface area contributed by atoms with Gasteiger partial charge in [0.1, 0.15) is 23.2 Å². The second-order valence-corrected chi connectivity index (χ2v) is 6.07. The van der Waals surface area contributed by atoms with E-state index in [0.29, 0.717) is 6.54 Å². The first-order chi connectivity index (χ1) is 12.9. The number of hydrogen-bond donors (Lipinski definition) is 1. The molecular formula is C16H14ClFN6O3. The van der Waals surface area contributed by atoms with Crippen LogP contribution in [0.25, 0.3) is 0 Å². The van der Waals surface area contributed by atoms with Gasteiger partial charge >= 0.3 is 5.69 Å². The van der Waals surface area contributed by atoms with Crippen molar-refractivity contribution >= 4 is 29.0 Å². The first-order valence-corrected chi connectivity index (χ1v) is 8.22. The second-order valence-electron chi connectivity index (χ2n) is 5.67. The molecule has 1 amide bonds. The third-order valence-corrected chi connectivity index (χ3v) is 3.91.